The molecule has 3 N–H and O–H groups in total. The summed E-state index contributed by atoms with van der Waals surface area (Å²) in [5, 5.41) is 10.6. The molecule has 0 amide bonds. The predicted octanol–water partition coefficient (Wildman–Crippen LogP) is 2.03. The highest BCUT2D eigenvalue weighted by Gasteiger charge is 2.43. The van der Waals surface area contributed by atoms with Crippen molar-refractivity contribution in [1.29, 1.82) is 0 Å². The minimum absolute atomic E-state index is 0.0762. The molecule has 0 aliphatic heterocycles. The average molecular weight is 205 g/mol. The average Bonchev–Trinajstić information content (AvgIpc) is 2.61. The van der Waals surface area contributed by atoms with Crippen LogP contribution in [0.5, 0.6) is 0 Å². The Morgan fingerprint density at radius 2 is 2.07 bits per heavy atom. The molecule has 1 saturated carbocycles. The maximum atomic E-state index is 10.6. The zero-order valence-electron chi connectivity index (χ0n) is 9.19. The first-order valence-corrected chi connectivity index (χ1v) is 5.67. The Morgan fingerprint density at radius 3 is 2.60 bits per heavy atom. The van der Waals surface area contributed by atoms with Crippen molar-refractivity contribution in [3.8, 4) is 0 Å². The van der Waals surface area contributed by atoms with E-state index in [-0.39, 0.29) is 12.0 Å². The highest BCUT2D eigenvalue weighted by Crippen LogP contribution is 2.40. The minimum Gasteiger partial charge on any atom is -0.388 e. The van der Waals surface area contributed by atoms with Crippen molar-refractivity contribution >= 4 is 0 Å². The van der Waals surface area contributed by atoms with Gasteiger partial charge in [0.2, 0.25) is 0 Å². The third-order valence-corrected chi connectivity index (χ3v) is 3.78. The molecule has 1 aromatic carbocycles. The highest BCUT2D eigenvalue weighted by molar-refractivity contribution is 5.24. The lowest BCUT2D eigenvalue weighted by Crippen LogP contribution is -2.47. The van der Waals surface area contributed by atoms with Gasteiger partial charge in [-0.3, -0.25) is 0 Å². The second kappa shape index (κ2) is 3.95. The van der Waals surface area contributed by atoms with Gasteiger partial charge in [-0.25, -0.2) is 0 Å². The Bertz CT molecular complexity index is 325. The van der Waals surface area contributed by atoms with Crippen molar-refractivity contribution in [2.75, 3.05) is 0 Å². The molecule has 1 aliphatic rings. The molecule has 82 valence electrons. The predicted molar refractivity (Wildman–Crippen MR) is 61.6 cm³/mol. The molecule has 0 heterocycles. The largest absolute Gasteiger partial charge is 0.388 e. The van der Waals surface area contributed by atoms with Gasteiger partial charge in [-0.1, -0.05) is 37.3 Å². The molecule has 0 bridgehead atoms. The van der Waals surface area contributed by atoms with Crippen LogP contribution in [0.3, 0.4) is 0 Å². The summed E-state index contributed by atoms with van der Waals surface area (Å²) in [6.07, 6.45) is 2.80. The van der Waals surface area contributed by atoms with E-state index in [4.69, 9.17) is 5.73 Å². The fourth-order valence-corrected chi connectivity index (χ4v) is 2.61. The first kappa shape index (κ1) is 10.7. The van der Waals surface area contributed by atoms with E-state index in [2.05, 4.69) is 19.1 Å². The van der Waals surface area contributed by atoms with Crippen LogP contribution in [0.2, 0.25) is 0 Å². The van der Waals surface area contributed by atoms with Crippen LogP contribution in [-0.4, -0.2) is 16.7 Å². The smallest absolute Gasteiger partial charge is 0.0863 e. The van der Waals surface area contributed by atoms with Crippen molar-refractivity contribution in [3.05, 3.63) is 35.9 Å². The normalized spacial score (nSPS) is 32.9. The summed E-state index contributed by atoms with van der Waals surface area (Å²) in [6, 6.07) is 10.1. The van der Waals surface area contributed by atoms with Gasteiger partial charge in [0, 0.05) is 12.0 Å². The van der Waals surface area contributed by atoms with Gasteiger partial charge in [0.1, 0.15) is 0 Å². The molecular weight excluding hydrogens is 186 g/mol. The van der Waals surface area contributed by atoms with Gasteiger partial charge >= 0.3 is 0 Å². The molecule has 0 radical (unpaired) electrons. The molecule has 15 heavy (non-hydrogen) atoms. The topological polar surface area (TPSA) is 46.2 Å². The van der Waals surface area contributed by atoms with Crippen LogP contribution in [-0.2, 0) is 0 Å². The van der Waals surface area contributed by atoms with Gasteiger partial charge in [0.15, 0.2) is 0 Å². The molecule has 0 aromatic heterocycles. The van der Waals surface area contributed by atoms with Crippen molar-refractivity contribution in [2.45, 2.75) is 43.7 Å². The first-order chi connectivity index (χ1) is 7.14. The zero-order chi connectivity index (χ0) is 10.9. The second-order valence-corrected chi connectivity index (χ2v) is 4.62. The third-order valence-electron chi connectivity index (χ3n) is 3.78. The number of rotatable bonds is 2. The Hall–Kier alpha value is -0.860. The lowest BCUT2D eigenvalue weighted by Gasteiger charge is -2.34. The van der Waals surface area contributed by atoms with Crippen LogP contribution in [0.25, 0.3) is 0 Å². The number of hydrogen-bond acceptors (Lipinski definition) is 2. The number of hydrogen-bond donors (Lipinski definition) is 2. The molecule has 3 unspecified atom stereocenters. The minimum atomic E-state index is -0.707. The van der Waals surface area contributed by atoms with E-state index in [9.17, 15) is 5.11 Å². The summed E-state index contributed by atoms with van der Waals surface area (Å²) < 4.78 is 0. The van der Waals surface area contributed by atoms with Gasteiger partial charge in [0.05, 0.1) is 5.60 Å². The van der Waals surface area contributed by atoms with Crippen molar-refractivity contribution in [2.24, 2.45) is 5.73 Å². The van der Waals surface area contributed by atoms with Crippen LogP contribution in [0.15, 0.2) is 30.3 Å². The van der Waals surface area contributed by atoms with Gasteiger partial charge in [-0.2, -0.15) is 0 Å². The molecule has 2 rings (SSSR count). The van der Waals surface area contributed by atoms with Crippen LogP contribution in [0, 0.1) is 0 Å². The van der Waals surface area contributed by atoms with Crippen LogP contribution >= 0.6 is 0 Å². The standard InChI is InChI=1S/C13H19NO/c1-10(11-6-3-2-4-7-11)13(15)9-5-8-12(13)14/h2-4,6-7,10,12,15H,5,8-9,14H2,1H3. The summed E-state index contributed by atoms with van der Waals surface area (Å²) >= 11 is 0. The molecule has 2 nitrogen and oxygen atoms in total. The van der Waals surface area contributed by atoms with E-state index in [1.807, 2.05) is 18.2 Å². The molecular formula is C13H19NO. The Morgan fingerprint density at radius 1 is 1.40 bits per heavy atom. The Balaban J connectivity index is 2.24. The summed E-state index contributed by atoms with van der Waals surface area (Å²) in [4.78, 5) is 0. The van der Waals surface area contributed by atoms with E-state index in [0.717, 1.165) is 19.3 Å². The Labute approximate surface area is 91.1 Å². The molecule has 1 fully saturated rings. The highest BCUT2D eigenvalue weighted by atomic mass is 16.3. The van der Waals surface area contributed by atoms with Crippen LogP contribution in [0.4, 0.5) is 0 Å². The summed E-state index contributed by atoms with van der Waals surface area (Å²) in [7, 11) is 0. The Kier molecular flexibility index (Phi) is 2.81. The molecule has 1 aromatic rings. The van der Waals surface area contributed by atoms with Crippen molar-refractivity contribution < 1.29 is 5.11 Å². The van der Waals surface area contributed by atoms with Gasteiger partial charge in [0.25, 0.3) is 0 Å². The van der Waals surface area contributed by atoms with E-state index >= 15 is 0 Å². The maximum absolute atomic E-state index is 10.6. The SMILES string of the molecule is CC(c1ccccc1)C1(O)CCCC1N. The summed E-state index contributed by atoms with van der Waals surface area (Å²) in [5.74, 6) is 0.121. The van der Waals surface area contributed by atoms with E-state index in [0.29, 0.717) is 0 Å². The fraction of sp³-hybridized carbons (Fsp3) is 0.538. The third kappa shape index (κ3) is 1.80. The summed E-state index contributed by atoms with van der Waals surface area (Å²) in [6.45, 7) is 2.07. The maximum Gasteiger partial charge on any atom is 0.0863 e. The molecule has 0 spiro atoms. The van der Waals surface area contributed by atoms with Crippen molar-refractivity contribution in [1.82, 2.24) is 0 Å². The monoisotopic (exact) mass is 205 g/mol. The van der Waals surface area contributed by atoms with Gasteiger partial charge in [-0.05, 0) is 24.8 Å². The summed E-state index contributed by atoms with van der Waals surface area (Å²) in [5.41, 5.74) is 6.47. The first-order valence-electron chi connectivity index (χ1n) is 5.67. The zero-order valence-corrected chi connectivity index (χ0v) is 9.19. The number of nitrogens with two attached hydrogens (primary N) is 1. The van der Waals surface area contributed by atoms with E-state index in [1.165, 1.54) is 5.56 Å². The fourth-order valence-electron chi connectivity index (χ4n) is 2.61. The molecule has 3 atom stereocenters. The van der Waals surface area contributed by atoms with Crippen LogP contribution in [0.1, 0.15) is 37.7 Å². The molecule has 2 heteroatoms. The molecule has 1 aliphatic carbocycles. The molecule has 0 saturated heterocycles. The quantitative estimate of drug-likeness (QED) is 0.776. The van der Waals surface area contributed by atoms with Crippen LogP contribution < -0.4 is 5.73 Å². The lowest BCUT2D eigenvalue weighted by molar-refractivity contribution is 0.00940. The van der Waals surface area contributed by atoms with Gasteiger partial charge < -0.3 is 10.8 Å². The van der Waals surface area contributed by atoms with Gasteiger partial charge in [-0.15, -0.1) is 0 Å². The second-order valence-electron chi connectivity index (χ2n) is 4.62. The van der Waals surface area contributed by atoms with E-state index in [1.54, 1.807) is 0 Å². The van der Waals surface area contributed by atoms with Crippen molar-refractivity contribution in [3.63, 3.8) is 0 Å². The lowest BCUT2D eigenvalue weighted by atomic mass is 9.80. The number of benzene rings is 1. The van der Waals surface area contributed by atoms with E-state index < -0.39 is 5.60 Å². The number of aliphatic hydroxyl groups is 1.